The van der Waals surface area contributed by atoms with Crippen molar-refractivity contribution >= 4 is 17.8 Å². The minimum atomic E-state index is -1.23. The second-order valence-electron chi connectivity index (χ2n) is 8.31. The SMILES string of the molecule is COC(=O)[C@@H]1CC2(CN1C(=O)CNC(=O)c1ccc3c(c1)-c1ccccc1C3F)OCCO2. The highest BCUT2D eigenvalue weighted by atomic mass is 19.1. The predicted molar refractivity (Wildman–Crippen MR) is 114 cm³/mol. The van der Waals surface area contributed by atoms with E-state index in [1.807, 2.05) is 12.1 Å². The van der Waals surface area contributed by atoms with Crippen LogP contribution in [0.4, 0.5) is 4.39 Å². The third-order valence-corrected chi connectivity index (χ3v) is 6.41. The van der Waals surface area contributed by atoms with Gasteiger partial charge in [-0.2, -0.15) is 0 Å². The molecule has 2 amide bonds. The van der Waals surface area contributed by atoms with Crippen molar-refractivity contribution in [3.05, 3.63) is 59.2 Å². The van der Waals surface area contributed by atoms with Gasteiger partial charge < -0.3 is 24.4 Å². The summed E-state index contributed by atoms with van der Waals surface area (Å²) in [5.74, 6) is -2.51. The molecule has 2 atom stereocenters. The molecule has 8 nitrogen and oxygen atoms in total. The number of alkyl halides is 1. The van der Waals surface area contributed by atoms with Crippen LogP contribution in [0.2, 0.25) is 0 Å². The van der Waals surface area contributed by atoms with Crippen molar-refractivity contribution in [2.24, 2.45) is 0 Å². The fraction of sp³-hybridized carbons (Fsp3) is 0.375. The summed E-state index contributed by atoms with van der Waals surface area (Å²) < 4.78 is 30.8. The van der Waals surface area contributed by atoms with Gasteiger partial charge in [0.2, 0.25) is 5.91 Å². The van der Waals surface area contributed by atoms with Crippen LogP contribution in [0.15, 0.2) is 42.5 Å². The number of fused-ring (bicyclic) bond motifs is 3. The number of nitrogens with zero attached hydrogens (tertiary/aromatic N) is 1. The molecule has 0 saturated carbocycles. The van der Waals surface area contributed by atoms with Crippen LogP contribution in [0, 0.1) is 0 Å². The van der Waals surface area contributed by atoms with Crippen LogP contribution in [-0.2, 0) is 23.8 Å². The summed E-state index contributed by atoms with van der Waals surface area (Å²) in [6.07, 6.45) is -1.05. The fourth-order valence-corrected chi connectivity index (χ4v) is 4.80. The van der Waals surface area contributed by atoms with Gasteiger partial charge in [0.15, 0.2) is 12.0 Å². The monoisotopic (exact) mass is 454 g/mol. The lowest BCUT2D eigenvalue weighted by Crippen LogP contribution is -2.46. The molecule has 2 saturated heterocycles. The normalized spacial score (nSPS) is 22.2. The maximum atomic E-state index is 14.7. The first-order chi connectivity index (χ1) is 15.9. The number of esters is 1. The number of rotatable bonds is 4. The third kappa shape index (κ3) is 3.67. The second kappa shape index (κ2) is 8.24. The highest BCUT2D eigenvalue weighted by molar-refractivity contribution is 5.98. The standard InChI is InChI=1S/C24H23FN2O6/c1-31-23(30)19-11-24(32-8-9-33-24)13-27(19)20(28)12-26-22(29)14-6-7-17-18(10-14)15-4-2-3-5-16(15)21(17)25/h2-7,10,19,21H,8-9,11-13H2,1H3,(H,26,29)/t19-,21?/m0/s1. The quantitative estimate of drug-likeness (QED) is 0.710. The number of amides is 2. The van der Waals surface area contributed by atoms with Gasteiger partial charge in [-0.3, -0.25) is 9.59 Å². The van der Waals surface area contributed by atoms with Crippen LogP contribution in [0.25, 0.3) is 11.1 Å². The Morgan fingerprint density at radius 2 is 1.85 bits per heavy atom. The number of carbonyl (C=O) groups excluding carboxylic acids is 3. The van der Waals surface area contributed by atoms with Crippen LogP contribution in [0.3, 0.4) is 0 Å². The van der Waals surface area contributed by atoms with Crippen molar-refractivity contribution in [3.63, 3.8) is 0 Å². The van der Waals surface area contributed by atoms with Crippen molar-refractivity contribution in [1.29, 1.82) is 0 Å². The summed E-state index contributed by atoms with van der Waals surface area (Å²) in [5, 5.41) is 2.60. The minimum absolute atomic E-state index is 0.0784. The Morgan fingerprint density at radius 3 is 2.61 bits per heavy atom. The predicted octanol–water partition coefficient (Wildman–Crippen LogP) is 1.97. The van der Waals surface area contributed by atoms with Crippen LogP contribution in [-0.4, -0.2) is 67.9 Å². The van der Waals surface area contributed by atoms with Crippen molar-refractivity contribution in [1.82, 2.24) is 10.2 Å². The zero-order chi connectivity index (χ0) is 23.2. The fourth-order valence-electron chi connectivity index (χ4n) is 4.80. The Hall–Kier alpha value is -3.30. The maximum absolute atomic E-state index is 14.7. The van der Waals surface area contributed by atoms with E-state index in [4.69, 9.17) is 14.2 Å². The molecule has 1 aliphatic carbocycles. The molecular formula is C24H23FN2O6. The van der Waals surface area contributed by atoms with E-state index in [0.717, 1.165) is 5.56 Å². The van der Waals surface area contributed by atoms with Crippen LogP contribution < -0.4 is 5.32 Å². The Kier molecular flexibility index (Phi) is 5.38. The van der Waals surface area contributed by atoms with E-state index >= 15 is 0 Å². The van der Waals surface area contributed by atoms with Gasteiger partial charge in [-0.1, -0.05) is 30.3 Å². The zero-order valence-corrected chi connectivity index (χ0v) is 18.0. The van der Waals surface area contributed by atoms with E-state index in [0.29, 0.717) is 35.5 Å². The molecule has 33 heavy (non-hydrogen) atoms. The molecular weight excluding hydrogens is 431 g/mol. The number of hydrogen-bond donors (Lipinski definition) is 1. The van der Waals surface area contributed by atoms with Crippen molar-refractivity contribution < 1.29 is 33.0 Å². The lowest BCUT2D eigenvalue weighted by molar-refractivity contribution is -0.152. The first kappa shape index (κ1) is 21.5. The minimum Gasteiger partial charge on any atom is -0.467 e. The zero-order valence-electron chi connectivity index (χ0n) is 18.0. The average molecular weight is 454 g/mol. The number of likely N-dealkylation sites (tertiary alicyclic amines) is 1. The van der Waals surface area contributed by atoms with E-state index in [2.05, 4.69) is 5.32 Å². The summed E-state index contributed by atoms with van der Waals surface area (Å²) in [6.45, 7) is 0.526. The van der Waals surface area contributed by atoms with E-state index in [1.54, 1.807) is 30.3 Å². The molecule has 2 aromatic rings. The molecule has 1 N–H and O–H groups in total. The van der Waals surface area contributed by atoms with Gasteiger partial charge in [0.1, 0.15) is 6.04 Å². The molecule has 2 heterocycles. The molecule has 9 heteroatoms. The molecule has 2 fully saturated rings. The summed E-state index contributed by atoms with van der Waals surface area (Å²) in [6, 6.07) is 11.1. The van der Waals surface area contributed by atoms with Gasteiger partial charge >= 0.3 is 5.97 Å². The molecule has 2 aromatic carbocycles. The van der Waals surface area contributed by atoms with Crippen LogP contribution in [0.5, 0.6) is 0 Å². The van der Waals surface area contributed by atoms with Crippen molar-refractivity contribution in [3.8, 4) is 11.1 Å². The molecule has 0 aromatic heterocycles. The lowest BCUT2D eigenvalue weighted by Gasteiger charge is -2.23. The van der Waals surface area contributed by atoms with Gasteiger partial charge in [-0.05, 0) is 34.4 Å². The average Bonchev–Trinajstić information content (AvgIpc) is 3.54. The summed E-state index contributed by atoms with van der Waals surface area (Å²) in [7, 11) is 1.25. The maximum Gasteiger partial charge on any atom is 0.328 e. The summed E-state index contributed by atoms with van der Waals surface area (Å²) >= 11 is 0. The number of ether oxygens (including phenoxy) is 3. The Balaban J connectivity index is 1.29. The molecule has 0 radical (unpaired) electrons. The Morgan fingerprint density at radius 1 is 1.12 bits per heavy atom. The first-order valence-corrected chi connectivity index (χ1v) is 10.7. The topological polar surface area (TPSA) is 94.2 Å². The second-order valence-corrected chi connectivity index (χ2v) is 8.31. The first-order valence-electron chi connectivity index (χ1n) is 10.7. The van der Waals surface area contributed by atoms with Crippen molar-refractivity contribution in [2.75, 3.05) is 33.4 Å². The molecule has 1 spiro atoms. The van der Waals surface area contributed by atoms with Gasteiger partial charge in [0.05, 0.1) is 33.4 Å². The van der Waals surface area contributed by atoms with Crippen LogP contribution >= 0.6 is 0 Å². The Bertz CT molecular complexity index is 1130. The largest absolute Gasteiger partial charge is 0.467 e. The molecule has 1 unspecified atom stereocenters. The number of carbonyl (C=O) groups is 3. The Labute approximate surface area is 189 Å². The van der Waals surface area contributed by atoms with E-state index < -0.39 is 35.8 Å². The summed E-state index contributed by atoms with van der Waals surface area (Å²) in [5.41, 5.74) is 2.83. The number of methoxy groups -OCH3 is 1. The number of halogens is 1. The van der Waals surface area contributed by atoms with Gasteiger partial charge in [-0.15, -0.1) is 0 Å². The molecule has 172 valence electrons. The van der Waals surface area contributed by atoms with E-state index in [9.17, 15) is 18.8 Å². The van der Waals surface area contributed by atoms with Crippen LogP contribution in [0.1, 0.15) is 34.1 Å². The van der Waals surface area contributed by atoms with Gasteiger partial charge in [0, 0.05) is 12.0 Å². The highest BCUT2D eigenvalue weighted by Crippen LogP contribution is 2.45. The number of nitrogens with one attached hydrogen (secondary N) is 1. The molecule has 2 aliphatic heterocycles. The molecule has 3 aliphatic rings. The summed E-state index contributed by atoms with van der Waals surface area (Å²) in [4.78, 5) is 39.2. The smallest absolute Gasteiger partial charge is 0.328 e. The molecule has 0 bridgehead atoms. The van der Waals surface area contributed by atoms with E-state index in [-0.39, 0.29) is 19.5 Å². The third-order valence-electron chi connectivity index (χ3n) is 6.41. The molecule has 5 rings (SSSR count). The van der Waals surface area contributed by atoms with Gasteiger partial charge in [0.25, 0.3) is 5.91 Å². The lowest BCUT2D eigenvalue weighted by atomic mass is 10.0. The van der Waals surface area contributed by atoms with Gasteiger partial charge in [-0.25, -0.2) is 9.18 Å². The van der Waals surface area contributed by atoms with Crippen molar-refractivity contribution in [2.45, 2.75) is 24.4 Å². The highest BCUT2D eigenvalue weighted by Gasteiger charge is 2.53. The number of benzene rings is 2. The van der Waals surface area contributed by atoms with E-state index in [1.165, 1.54) is 12.0 Å². The number of hydrogen-bond acceptors (Lipinski definition) is 6.